The third-order valence-corrected chi connectivity index (χ3v) is 6.60. The number of benzene rings is 1. The van der Waals surface area contributed by atoms with Crippen molar-refractivity contribution in [2.24, 2.45) is 16.6 Å². The molecular formula is C24H31N5. The van der Waals surface area contributed by atoms with Crippen LogP contribution >= 0.6 is 0 Å². The molecule has 2 fully saturated rings. The quantitative estimate of drug-likeness (QED) is 0.697. The smallest absolute Gasteiger partial charge is 0.149 e. The van der Waals surface area contributed by atoms with Gasteiger partial charge in [-0.05, 0) is 49.1 Å². The van der Waals surface area contributed by atoms with Crippen molar-refractivity contribution in [3.05, 3.63) is 53.6 Å². The van der Waals surface area contributed by atoms with Crippen LogP contribution in [0.3, 0.4) is 0 Å². The van der Waals surface area contributed by atoms with Gasteiger partial charge < -0.3 is 20.9 Å². The highest BCUT2D eigenvalue weighted by Crippen LogP contribution is 2.43. The molecule has 3 aliphatic rings. The average molecular weight is 390 g/mol. The summed E-state index contributed by atoms with van der Waals surface area (Å²) in [5.41, 5.74) is 12.2. The number of nitrogens with one attached hydrogen (secondary N) is 2. The van der Waals surface area contributed by atoms with Gasteiger partial charge in [-0.2, -0.15) is 0 Å². The zero-order chi connectivity index (χ0) is 19.8. The van der Waals surface area contributed by atoms with Crippen LogP contribution in [0.5, 0.6) is 0 Å². The molecule has 4 N–H and O–H groups in total. The van der Waals surface area contributed by atoms with E-state index in [4.69, 9.17) is 5.73 Å². The minimum Gasteiger partial charge on any atom is -0.382 e. The molecule has 0 atom stereocenters. The van der Waals surface area contributed by atoms with Crippen molar-refractivity contribution in [1.82, 2.24) is 15.2 Å². The minimum absolute atomic E-state index is 0.558. The van der Waals surface area contributed by atoms with Crippen molar-refractivity contribution in [3.8, 4) is 0 Å². The lowest BCUT2D eigenvalue weighted by Crippen LogP contribution is -2.33. The maximum Gasteiger partial charge on any atom is 0.149 e. The number of aromatic nitrogens is 1. The molecule has 5 rings (SSSR count). The molecule has 0 amide bonds. The Bertz CT molecular complexity index is 986. The number of nitrogens with zero attached hydrogens (tertiary/aromatic N) is 2. The second kappa shape index (κ2) is 7.62. The number of para-hydroxylation sites is 1. The van der Waals surface area contributed by atoms with E-state index in [1.807, 2.05) is 13.2 Å². The molecule has 0 bridgehead atoms. The molecule has 2 saturated carbocycles. The molecule has 5 heteroatoms. The number of rotatable bonds is 5. The molecule has 1 aliphatic heterocycles. The van der Waals surface area contributed by atoms with Gasteiger partial charge in [-0.3, -0.25) is 0 Å². The topological polar surface area (TPSA) is 69.4 Å². The van der Waals surface area contributed by atoms with Crippen LogP contribution in [0.15, 0.2) is 47.4 Å². The van der Waals surface area contributed by atoms with E-state index < -0.39 is 0 Å². The second-order valence-electron chi connectivity index (χ2n) is 8.80. The van der Waals surface area contributed by atoms with Crippen molar-refractivity contribution in [2.75, 3.05) is 13.6 Å². The van der Waals surface area contributed by atoms with Crippen molar-refractivity contribution < 1.29 is 0 Å². The highest BCUT2D eigenvalue weighted by molar-refractivity contribution is 6.04. The maximum atomic E-state index is 6.34. The van der Waals surface area contributed by atoms with Gasteiger partial charge in [0.2, 0.25) is 0 Å². The van der Waals surface area contributed by atoms with E-state index in [0.717, 1.165) is 29.6 Å². The SMILES string of the molecule is CN1C=CN=C(N)/C1=C(/NCC1CCCCC1)c1cc2cccc(C3CC3)c2[nH]1. The zero-order valence-electron chi connectivity index (χ0n) is 17.2. The van der Waals surface area contributed by atoms with Crippen molar-refractivity contribution >= 4 is 22.4 Å². The highest BCUT2D eigenvalue weighted by Gasteiger charge is 2.27. The van der Waals surface area contributed by atoms with Crippen LogP contribution in [0.25, 0.3) is 16.6 Å². The van der Waals surface area contributed by atoms with Crippen LogP contribution in [-0.4, -0.2) is 29.3 Å². The number of hydrogen-bond donors (Lipinski definition) is 3. The third kappa shape index (κ3) is 3.66. The zero-order valence-corrected chi connectivity index (χ0v) is 17.2. The van der Waals surface area contributed by atoms with Crippen molar-refractivity contribution in [1.29, 1.82) is 0 Å². The molecule has 2 heterocycles. The Balaban J connectivity index is 1.55. The Labute approximate surface area is 172 Å². The van der Waals surface area contributed by atoms with E-state index in [1.54, 1.807) is 6.20 Å². The fourth-order valence-electron chi connectivity index (χ4n) is 4.83. The van der Waals surface area contributed by atoms with Crippen LogP contribution < -0.4 is 11.1 Å². The summed E-state index contributed by atoms with van der Waals surface area (Å²) in [7, 11) is 2.04. The van der Waals surface area contributed by atoms with Gasteiger partial charge in [-0.1, -0.05) is 37.5 Å². The van der Waals surface area contributed by atoms with Crippen LogP contribution in [0.4, 0.5) is 0 Å². The van der Waals surface area contributed by atoms with Gasteiger partial charge in [0.25, 0.3) is 0 Å². The number of hydrogen-bond acceptors (Lipinski definition) is 4. The minimum atomic E-state index is 0.558. The van der Waals surface area contributed by atoms with E-state index in [2.05, 4.69) is 44.5 Å². The summed E-state index contributed by atoms with van der Waals surface area (Å²) in [6.45, 7) is 0.981. The predicted molar refractivity (Wildman–Crippen MR) is 120 cm³/mol. The lowest BCUT2D eigenvalue weighted by atomic mass is 9.89. The number of likely N-dealkylation sites (N-methyl/N-ethyl adjacent to an activating group) is 1. The summed E-state index contributed by atoms with van der Waals surface area (Å²) >= 11 is 0. The molecule has 1 aromatic heterocycles. The first kappa shape index (κ1) is 18.3. The van der Waals surface area contributed by atoms with E-state index in [0.29, 0.717) is 11.8 Å². The van der Waals surface area contributed by atoms with E-state index >= 15 is 0 Å². The average Bonchev–Trinajstić information content (AvgIpc) is 3.48. The van der Waals surface area contributed by atoms with Crippen LogP contribution in [0, 0.1) is 5.92 Å². The number of amidine groups is 1. The molecule has 0 saturated heterocycles. The summed E-state index contributed by atoms with van der Waals surface area (Å²) in [6.07, 6.45) is 13.0. The van der Waals surface area contributed by atoms with Gasteiger partial charge in [0.1, 0.15) is 11.5 Å². The summed E-state index contributed by atoms with van der Waals surface area (Å²) in [4.78, 5) is 10.2. The van der Waals surface area contributed by atoms with Crippen molar-refractivity contribution in [3.63, 3.8) is 0 Å². The molecule has 0 radical (unpaired) electrons. The molecule has 5 nitrogen and oxygen atoms in total. The number of fused-ring (bicyclic) bond motifs is 1. The summed E-state index contributed by atoms with van der Waals surface area (Å²) in [5, 5.41) is 5.04. The van der Waals surface area contributed by atoms with E-state index in [9.17, 15) is 0 Å². The van der Waals surface area contributed by atoms with Crippen molar-refractivity contribution in [2.45, 2.75) is 50.9 Å². The first-order valence-electron chi connectivity index (χ1n) is 11.0. The lowest BCUT2D eigenvalue weighted by molar-refractivity contribution is 0.354. The van der Waals surface area contributed by atoms with Crippen LogP contribution in [-0.2, 0) is 0 Å². The largest absolute Gasteiger partial charge is 0.382 e. The molecule has 1 aromatic carbocycles. The Morgan fingerprint density at radius 2 is 2.03 bits per heavy atom. The molecule has 0 spiro atoms. The predicted octanol–water partition coefficient (Wildman–Crippen LogP) is 4.66. The third-order valence-electron chi connectivity index (χ3n) is 6.60. The Kier molecular flexibility index (Phi) is 4.82. The summed E-state index contributed by atoms with van der Waals surface area (Å²) in [5.74, 6) is 2.00. The highest BCUT2D eigenvalue weighted by atomic mass is 15.2. The Morgan fingerprint density at radius 3 is 2.79 bits per heavy atom. The Hall–Kier alpha value is -2.69. The van der Waals surface area contributed by atoms with Gasteiger partial charge in [0.15, 0.2) is 0 Å². The number of H-pyrrole nitrogens is 1. The number of aliphatic imine (C=N–C) groups is 1. The summed E-state index contributed by atoms with van der Waals surface area (Å²) in [6, 6.07) is 8.92. The van der Waals surface area contributed by atoms with Gasteiger partial charge in [0, 0.05) is 36.9 Å². The molecule has 2 aromatic rings. The first-order chi connectivity index (χ1) is 14.2. The van der Waals surface area contributed by atoms with E-state index in [-0.39, 0.29) is 0 Å². The number of aromatic amines is 1. The fourth-order valence-corrected chi connectivity index (χ4v) is 4.83. The maximum absolute atomic E-state index is 6.34. The van der Waals surface area contributed by atoms with Gasteiger partial charge in [-0.15, -0.1) is 0 Å². The normalized spacial score (nSPS) is 22.1. The van der Waals surface area contributed by atoms with Gasteiger partial charge in [-0.25, -0.2) is 4.99 Å². The lowest BCUT2D eigenvalue weighted by Gasteiger charge is -2.27. The first-order valence-corrected chi connectivity index (χ1v) is 11.0. The van der Waals surface area contributed by atoms with E-state index in [1.165, 1.54) is 61.4 Å². The molecule has 152 valence electrons. The van der Waals surface area contributed by atoms with Crippen LogP contribution in [0.2, 0.25) is 0 Å². The van der Waals surface area contributed by atoms with Gasteiger partial charge >= 0.3 is 0 Å². The van der Waals surface area contributed by atoms with Gasteiger partial charge in [0.05, 0.1) is 11.4 Å². The molecule has 0 unspecified atom stereocenters. The monoisotopic (exact) mass is 389 g/mol. The number of nitrogens with two attached hydrogens (primary N) is 1. The van der Waals surface area contributed by atoms with Crippen LogP contribution in [0.1, 0.15) is 62.1 Å². The Morgan fingerprint density at radius 1 is 1.21 bits per heavy atom. The summed E-state index contributed by atoms with van der Waals surface area (Å²) < 4.78 is 0. The molecule has 2 aliphatic carbocycles. The molecule has 29 heavy (non-hydrogen) atoms. The second-order valence-corrected chi connectivity index (χ2v) is 8.80. The standard InChI is InChI=1S/C24H31N5/c1-29-13-12-26-24(25)23(29)22(27-15-16-6-3-2-4-7-16)20-14-18-8-5-9-19(17-10-11-17)21(18)28-20/h5,8-9,12-14,16-17,27-28H,2-4,6-7,10-11,15H2,1H3,(H2,25,26)/b23-22-. The fraction of sp³-hybridized carbons (Fsp3) is 0.458. The molecular weight excluding hydrogens is 358 g/mol.